The summed E-state index contributed by atoms with van der Waals surface area (Å²) in [5, 5.41) is 3.79. The van der Waals surface area contributed by atoms with Gasteiger partial charge in [0.25, 0.3) is 0 Å². The summed E-state index contributed by atoms with van der Waals surface area (Å²) in [5.74, 6) is -0.368. The van der Waals surface area contributed by atoms with Crippen molar-refractivity contribution >= 4 is 16.9 Å². The van der Waals surface area contributed by atoms with Crippen LogP contribution in [0.4, 0.5) is 4.39 Å². The Kier molecular flexibility index (Phi) is 4.65. The summed E-state index contributed by atoms with van der Waals surface area (Å²) in [6.07, 6.45) is 2.82. The van der Waals surface area contributed by atoms with Crippen LogP contribution in [0.25, 0.3) is 11.0 Å². The van der Waals surface area contributed by atoms with E-state index in [0.717, 1.165) is 28.5 Å². The SMILES string of the molecule is CCc1ccc2c(CC(=O)NCc3ccc(C)c(F)c3)coc2c1. The van der Waals surface area contributed by atoms with Crippen molar-refractivity contribution in [2.45, 2.75) is 33.2 Å². The predicted octanol–water partition coefficient (Wildman–Crippen LogP) is 4.30. The molecular weight excluding hydrogens is 305 g/mol. The Hall–Kier alpha value is -2.62. The number of aryl methyl sites for hydroxylation is 2. The van der Waals surface area contributed by atoms with Crippen LogP contribution in [0.1, 0.15) is 29.2 Å². The largest absolute Gasteiger partial charge is 0.464 e. The molecule has 3 rings (SSSR count). The standard InChI is InChI=1S/C20H20FNO2/c1-3-14-6-7-17-16(12-24-19(17)9-14)10-20(23)22-11-15-5-4-13(2)18(21)8-15/h4-9,12H,3,10-11H2,1-2H3,(H,22,23). The summed E-state index contributed by atoms with van der Waals surface area (Å²) in [6, 6.07) is 11.0. The van der Waals surface area contributed by atoms with Crippen LogP contribution in [-0.2, 0) is 24.2 Å². The number of fused-ring (bicyclic) bond motifs is 1. The lowest BCUT2D eigenvalue weighted by molar-refractivity contribution is -0.120. The van der Waals surface area contributed by atoms with Gasteiger partial charge in [0, 0.05) is 17.5 Å². The van der Waals surface area contributed by atoms with E-state index >= 15 is 0 Å². The van der Waals surface area contributed by atoms with Crippen LogP contribution in [0.2, 0.25) is 0 Å². The van der Waals surface area contributed by atoms with Crippen LogP contribution < -0.4 is 5.32 Å². The zero-order valence-electron chi connectivity index (χ0n) is 13.9. The molecule has 3 aromatic rings. The molecule has 24 heavy (non-hydrogen) atoms. The van der Waals surface area contributed by atoms with Crippen LogP contribution in [0.5, 0.6) is 0 Å². The lowest BCUT2D eigenvalue weighted by Crippen LogP contribution is -2.24. The zero-order chi connectivity index (χ0) is 17.1. The van der Waals surface area contributed by atoms with Crippen LogP contribution in [0.3, 0.4) is 0 Å². The third kappa shape index (κ3) is 3.48. The van der Waals surface area contributed by atoms with Gasteiger partial charge in [-0.3, -0.25) is 4.79 Å². The summed E-state index contributed by atoms with van der Waals surface area (Å²) in [6.45, 7) is 4.11. The van der Waals surface area contributed by atoms with Gasteiger partial charge in [0.2, 0.25) is 5.91 Å². The third-order valence-corrected chi connectivity index (χ3v) is 4.21. The van der Waals surface area contributed by atoms with Crippen molar-refractivity contribution in [1.29, 1.82) is 0 Å². The summed E-state index contributed by atoms with van der Waals surface area (Å²) in [4.78, 5) is 12.2. The second-order valence-corrected chi connectivity index (χ2v) is 5.98. The van der Waals surface area contributed by atoms with E-state index in [2.05, 4.69) is 12.2 Å². The monoisotopic (exact) mass is 325 g/mol. The first-order valence-electron chi connectivity index (χ1n) is 8.07. The molecule has 0 bridgehead atoms. The van der Waals surface area contributed by atoms with Crippen LogP contribution in [0.15, 0.2) is 47.1 Å². The van der Waals surface area contributed by atoms with Gasteiger partial charge in [-0.05, 0) is 42.2 Å². The Labute approximate surface area is 140 Å². The molecule has 1 heterocycles. The quantitative estimate of drug-likeness (QED) is 0.760. The molecule has 0 aliphatic carbocycles. The van der Waals surface area contributed by atoms with Gasteiger partial charge in [0.15, 0.2) is 0 Å². The maximum absolute atomic E-state index is 13.5. The smallest absolute Gasteiger partial charge is 0.224 e. The van der Waals surface area contributed by atoms with Crippen molar-refractivity contribution in [3.8, 4) is 0 Å². The van der Waals surface area contributed by atoms with Crippen molar-refractivity contribution in [3.05, 3.63) is 70.7 Å². The van der Waals surface area contributed by atoms with Crippen molar-refractivity contribution < 1.29 is 13.6 Å². The van der Waals surface area contributed by atoms with E-state index < -0.39 is 0 Å². The second kappa shape index (κ2) is 6.87. The van der Waals surface area contributed by atoms with Gasteiger partial charge in [-0.1, -0.05) is 31.2 Å². The molecule has 0 unspecified atom stereocenters. The van der Waals surface area contributed by atoms with Crippen LogP contribution in [0, 0.1) is 12.7 Å². The highest BCUT2D eigenvalue weighted by Crippen LogP contribution is 2.23. The molecule has 124 valence electrons. The Morgan fingerprint density at radius 3 is 2.71 bits per heavy atom. The van der Waals surface area contributed by atoms with E-state index in [4.69, 9.17) is 4.42 Å². The Morgan fingerprint density at radius 2 is 1.96 bits per heavy atom. The number of furan rings is 1. The normalized spacial score (nSPS) is 11.0. The van der Waals surface area contributed by atoms with Gasteiger partial charge in [0.1, 0.15) is 11.4 Å². The number of amides is 1. The van der Waals surface area contributed by atoms with E-state index in [0.29, 0.717) is 12.1 Å². The van der Waals surface area contributed by atoms with Crippen molar-refractivity contribution in [2.24, 2.45) is 0 Å². The molecule has 1 amide bonds. The summed E-state index contributed by atoms with van der Waals surface area (Å²) < 4.78 is 19.1. The first-order valence-corrected chi connectivity index (χ1v) is 8.07. The number of nitrogens with one attached hydrogen (secondary N) is 1. The molecule has 0 saturated carbocycles. The highest BCUT2D eigenvalue weighted by Gasteiger charge is 2.11. The molecule has 3 nitrogen and oxygen atoms in total. The number of rotatable bonds is 5. The number of carbonyl (C=O) groups is 1. The van der Waals surface area contributed by atoms with Gasteiger partial charge in [0.05, 0.1) is 12.7 Å². The van der Waals surface area contributed by atoms with Gasteiger partial charge < -0.3 is 9.73 Å². The van der Waals surface area contributed by atoms with Gasteiger partial charge in [-0.25, -0.2) is 4.39 Å². The van der Waals surface area contributed by atoms with E-state index in [1.54, 1.807) is 19.3 Å². The highest BCUT2D eigenvalue weighted by molar-refractivity contribution is 5.87. The minimum atomic E-state index is -0.255. The number of carbonyl (C=O) groups excluding carboxylic acids is 1. The van der Waals surface area contributed by atoms with Crippen molar-refractivity contribution in [3.63, 3.8) is 0 Å². The van der Waals surface area contributed by atoms with E-state index in [1.807, 2.05) is 24.3 Å². The first kappa shape index (κ1) is 16.2. The average Bonchev–Trinajstić information content (AvgIpc) is 2.98. The van der Waals surface area contributed by atoms with E-state index in [9.17, 15) is 9.18 Å². The number of hydrogen-bond acceptors (Lipinski definition) is 2. The van der Waals surface area contributed by atoms with Crippen molar-refractivity contribution in [1.82, 2.24) is 5.32 Å². The fourth-order valence-electron chi connectivity index (χ4n) is 2.67. The lowest BCUT2D eigenvalue weighted by atomic mass is 10.1. The molecular formula is C20H20FNO2. The fraction of sp³-hybridized carbons (Fsp3) is 0.250. The van der Waals surface area contributed by atoms with Gasteiger partial charge in [-0.15, -0.1) is 0 Å². The maximum atomic E-state index is 13.5. The van der Waals surface area contributed by atoms with E-state index in [1.165, 1.54) is 11.6 Å². The Morgan fingerprint density at radius 1 is 1.17 bits per heavy atom. The summed E-state index contributed by atoms with van der Waals surface area (Å²) >= 11 is 0. The fourth-order valence-corrected chi connectivity index (χ4v) is 2.67. The second-order valence-electron chi connectivity index (χ2n) is 5.98. The van der Waals surface area contributed by atoms with Gasteiger partial charge in [-0.2, -0.15) is 0 Å². The minimum Gasteiger partial charge on any atom is -0.464 e. The third-order valence-electron chi connectivity index (χ3n) is 4.21. The molecule has 0 spiro atoms. The number of benzene rings is 2. The van der Waals surface area contributed by atoms with E-state index in [-0.39, 0.29) is 18.1 Å². The maximum Gasteiger partial charge on any atom is 0.224 e. The molecule has 0 atom stereocenters. The molecule has 0 aliphatic rings. The van der Waals surface area contributed by atoms with Gasteiger partial charge >= 0.3 is 0 Å². The van der Waals surface area contributed by atoms with Crippen molar-refractivity contribution in [2.75, 3.05) is 0 Å². The summed E-state index contributed by atoms with van der Waals surface area (Å²) in [7, 11) is 0. The first-order chi connectivity index (χ1) is 11.6. The summed E-state index contributed by atoms with van der Waals surface area (Å²) in [5.41, 5.74) is 4.21. The lowest BCUT2D eigenvalue weighted by Gasteiger charge is -2.06. The Bertz CT molecular complexity index is 882. The molecule has 2 aromatic carbocycles. The van der Waals surface area contributed by atoms with Crippen LogP contribution >= 0.6 is 0 Å². The molecule has 1 N–H and O–H groups in total. The molecule has 0 aliphatic heterocycles. The number of hydrogen-bond donors (Lipinski definition) is 1. The zero-order valence-corrected chi connectivity index (χ0v) is 13.9. The molecule has 4 heteroatoms. The molecule has 0 radical (unpaired) electrons. The Balaban J connectivity index is 1.65. The topological polar surface area (TPSA) is 42.2 Å². The predicted molar refractivity (Wildman–Crippen MR) is 92.3 cm³/mol. The molecule has 0 saturated heterocycles. The minimum absolute atomic E-state index is 0.113. The average molecular weight is 325 g/mol. The van der Waals surface area contributed by atoms with Crippen LogP contribution in [-0.4, -0.2) is 5.91 Å². The molecule has 1 aromatic heterocycles. The highest BCUT2D eigenvalue weighted by atomic mass is 19.1. The number of halogens is 1. The molecule has 0 fully saturated rings.